The molecule has 116 valence electrons. The highest BCUT2D eigenvalue weighted by atomic mass is 16.4. The molecule has 1 aliphatic rings. The Morgan fingerprint density at radius 2 is 2.05 bits per heavy atom. The Kier molecular flexibility index (Phi) is 5.73. The third-order valence-electron chi connectivity index (χ3n) is 4.21. The van der Waals surface area contributed by atoms with E-state index < -0.39 is 11.9 Å². The van der Waals surface area contributed by atoms with Crippen LogP contribution in [0.25, 0.3) is 0 Å². The molecule has 1 fully saturated rings. The zero-order valence-corrected chi connectivity index (χ0v) is 12.8. The van der Waals surface area contributed by atoms with Crippen molar-refractivity contribution in [1.29, 1.82) is 0 Å². The van der Waals surface area contributed by atoms with E-state index in [1.54, 1.807) is 0 Å². The maximum atomic E-state index is 11.4. The van der Waals surface area contributed by atoms with Gasteiger partial charge in [-0.2, -0.15) is 0 Å². The van der Waals surface area contributed by atoms with Crippen molar-refractivity contribution in [3.63, 3.8) is 0 Å². The summed E-state index contributed by atoms with van der Waals surface area (Å²) in [5.74, 6) is -1.26. The fourth-order valence-corrected chi connectivity index (χ4v) is 2.75. The third kappa shape index (κ3) is 4.52. The van der Waals surface area contributed by atoms with Crippen molar-refractivity contribution in [2.24, 2.45) is 0 Å². The van der Waals surface area contributed by atoms with Crippen molar-refractivity contribution < 1.29 is 9.90 Å². The lowest BCUT2D eigenvalue weighted by molar-refractivity contribution is -0.138. The fraction of sp³-hybridized carbons (Fsp3) is 0.562. The molecule has 0 amide bonds. The first-order valence-corrected chi connectivity index (χ1v) is 7.45. The van der Waals surface area contributed by atoms with Crippen LogP contribution < -0.4 is 5.32 Å². The lowest BCUT2D eigenvalue weighted by Gasteiger charge is -2.38. The minimum atomic E-state index is -0.775. The quantitative estimate of drug-likeness (QED) is 0.808. The number of carboxylic acids is 1. The summed E-state index contributed by atoms with van der Waals surface area (Å²) in [6.45, 7) is 4.45. The van der Waals surface area contributed by atoms with Gasteiger partial charge in [-0.3, -0.25) is 9.69 Å². The van der Waals surface area contributed by atoms with Gasteiger partial charge in [-0.25, -0.2) is 0 Å². The van der Waals surface area contributed by atoms with E-state index >= 15 is 0 Å². The molecule has 0 radical (unpaired) electrons. The first-order chi connectivity index (χ1) is 10.1. The summed E-state index contributed by atoms with van der Waals surface area (Å²) >= 11 is 0. The molecule has 5 nitrogen and oxygen atoms in total. The van der Waals surface area contributed by atoms with Gasteiger partial charge in [-0.15, -0.1) is 0 Å². The summed E-state index contributed by atoms with van der Waals surface area (Å²) < 4.78 is 0. The van der Waals surface area contributed by atoms with Gasteiger partial charge >= 0.3 is 5.97 Å². The molecule has 1 heterocycles. The van der Waals surface area contributed by atoms with Gasteiger partial charge in [0, 0.05) is 38.8 Å². The molecule has 0 bridgehead atoms. The van der Waals surface area contributed by atoms with Crippen LogP contribution in [0.3, 0.4) is 0 Å². The molecule has 0 aliphatic carbocycles. The Morgan fingerprint density at radius 1 is 1.33 bits per heavy atom. The highest BCUT2D eigenvalue weighted by molar-refractivity contribution is 5.76. The first-order valence-electron chi connectivity index (χ1n) is 7.45. The number of benzene rings is 1. The second-order valence-electron chi connectivity index (χ2n) is 5.86. The van der Waals surface area contributed by atoms with Crippen LogP contribution in [0.5, 0.6) is 0 Å². The second kappa shape index (κ2) is 7.54. The van der Waals surface area contributed by atoms with E-state index in [0.29, 0.717) is 12.6 Å². The number of rotatable bonds is 6. The second-order valence-corrected chi connectivity index (χ2v) is 5.86. The van der Waals surface area contributed by atoms with Crippen LogP contribution in [0.1, 0.15) is 11.5 Å². The molecule has 1 aromatic rings. The van der Waals surface area contributed by atoms with E-state index in [2.05, 4.69) is 29.2 Å². The van der Waals surface area contributed by atoms with Crippen LogP contribution >= 0.6 is 0 Å². The van der Waals surface area contributed by atoms with Crippen LogP contribution in [0.15, 0.2) is 30.3 Å². The summed E-state index contributed by atoms with van der Waals surface area (Å²) in [7, 11) is 4.26. The summed E-state index contributed by atoms with van der Waals surface area (Å²) in [5, 5.41) is 12.7. The van der Waals surface area contributed by atoms with Gasteiger partial charge in [0.15, 0.2) is 0 Å². The molecule has 0 spiro atoms. The van der Waals surface area contributed by atoms with Crippen LogP contribution in [-0.4, -0.2) is 73.7 Å². The van der Waals surface area contributed by atoms with E-state index in [1.165, 1.54) is 0 Å². The molecule has 21 heavy (non-hydrogen) atoms. The topological polar surface area (TPSA) is 55.8 Å². The van der Waals surface area contributed by atoms with Crippen LogP contribution in [0, 0.1) is 0 Å². The summed E-state index contributed by atoms with van der Waals surface area (Å²) in [5.41, 5.74) is 0.853. The number of aliphatic carboxylic acids is 1. The van der Waals surface area contributed by atoms with E-state index in [1.807, 2.05) is 30.3 Å². The molecule has 1 aliphatic heterocycles. The minimum Gasteiger partial charge on any atom is -0.481 e. The van der Waals surface area contributed by atoms with Gasteiger partial charge < -0.3 is 15.3 Å². The van der Waals surface area contributed by atoms with Crippen molar-refractivity contribution in [3.8, 4) is 0 Å². The normalized spacial score (nSPS) is 22.1. The monoisotopic (exact) mass is 291 g/mol. The Balaban J connectivity index is 1.87. The lowest BCUT2D eigenvalue weighted by atomic mass is 9.99. The summed E-state index contributed by atoms with van der Waals surface area (Å²) in [6.07, 6.45) is 0. The largest absolute Gasteiger partial charge is 0.481 e. The highest BCUT2D eigenvalue weighted by Crippen LogP contribution is 2.15. The maximum absolute atomic E-state index is 11.4. The molecule has 2 unspecified atom stereocenters. The molecular weight excluding hydrogens is 266 g/mol. The molecule has 2 atom stereocenters. The molecule has 1 aromatic carbocycles. The molecule has 0 saturated carbocycles. The molecular formula is C16H25N3O2. The SMILES string of the molecule is CN1CCN(C)C(CNCC(C(=O)O)c2ccccc2)C1. The van der Waals surface area contributed by atoms with Gasteiger partial charge in [-0.1, -0.05) is 30.3 Å². The Bertz CT molecular complexity index is 452. The van der Waals surface area contributed by atoms with Crippen LogP contribution in [-0.2, 0) is 4.79 Å². The molecule has 5 heteroatoms. The van der Waals surface area contributed by atoms with Gasteiger partial charge in [0.25, 0.3) is 0 Å². The summed E-state index contributed by atoms with van der Waals surface area (Å²) in [6, 6.07) is 9.86. The van der Waals surface area contributed by atoms with Gasteiger partial charge in [0.05, 0.1) is 5.92 Å². The van der Waals surface area contributed by atoms with Gasteiger partial charge in [0.1, 0.15) is 0 Å². The smallest absolute Gasteiger partial charge is 0.312 e. The Hall–Kier alpha value is -1.43. The number of nitrogens with one attached hydrogen (secondary N) is 1. The van der Waals surface area contributed by atoms with E-state index in [9.17, 15) is 9.90 Å². The molecule has 2 N–H and O–H groups in total. The van der Waals surface area contributed by atoms with Gasteiger partial charge in [0.2, 0.25) is 0 Å². The van der Waals surface area contributed by atoms with Crippen molar-refractivity contribution in [1.82, 2.24) is 15.1 Å². The number of nitrogens with zero attached hydrogens (tertiary/aromatic N) is 2. The predicted molar refractivity (Wildman–Crippen MR) is 83.6 cm³/mol. The number of hydrogen-bond acceptors (Lipinski definition) is 4. The standard InChI is InChI=1S/C16H25N3O2/c1-18-8-9-19(2)14(12-18)10-17-11-15(16(20)21)13-6-4-3-5-7-13/h3-7,14-15,17H,8-12H2,1-2H3,(H,20,21). The molecule has 0 aromatic heterocycles. The average Bonchev–Trinajstić information content (AvgIpc) is 2.47. The minimum absolute atomic E-state index is 0.439. The Morgan fingerprint density at radius 3 is 2.71 bits per heavy atom. The van der Waals surface area contributed by atoms with Gasteiger partial charge in [-0.05, 0) is 19.7 Å². The van der Waals surface area contributed by atoms with Crippen LogP contribution in [0.4, 0.5) is 0 Å². The fourth-order valence-electron chi connectivity index (χ4n) is 2.75. The number of carboxylic acid groups (broad SMARTS) is 1. The van der Waals surface area contributed by atoms with Crippen molar-refractivity contribution >= 4 is 5.97 Å². The number of likely N-dealkylation sites (N-methyl/N-ethyl adjacent to an activating group) is 2. The summed E-state index contributed by atoms with van der Waals surface area (Å²) in [4.78, 5) is 16.1. The van der Waals surface area contributed by atoms with E-state index in [4.69, 9.17) is 0 Å². The predicted octanol–water partition coefficient (Wildman–Crippen LogP) is 0.690. The number of carbonyl (C=O) groups is 1. The lowest BCUT2D eigenvalue weighted by Crippen LogP contribution is -2.54. The van der Waals surface area contributed by atoms with Crippen molar-refractivity contribution in [2.45, 2.75) is 12.0 Å². The zero-order chi connectivity index (χ0) is 15.2. The third-order valence-corrected chi connectivity index (χ3v) is 4.21. The number of piperazine rings is 1. The molecule has 1 saturated heterocycles. The Labute approximate surface area is 126 Å². The maximum Gasteiger partial charge on any atom is 0.312 e. The average molecular weight is 291 g/mol. The first kappa shape index (κ1) is 15.9. The van der Waals surface area contributed by atoms with E-state index in [0.717, 1.165) is 31.7 Å². The van der Waals surface area contributed by atoms with Crippen molar-refractivity contribution in [3.05, 3.63) is 35.9 Å². The highest BCUT2D eigenvalue weighted by Gasteiger charge is 2.23. The number of hydrogen-bond donors (Lipinski definition) is 2. The van der Waals surface area contributed by atoms with Crippen LogP contribution in [0.2, 0.25) is 0 Å². The zero-order valence-electron chi connectivity index (χ0n) is 12.8. The van der Waals surface area contributed by atoms with E-state index in [-0.39, 0.29) is 0 Å². The van der Waals surface area contributed by atoms with Crippen molar-refractivity contribution in [2.75, 3.05) is 46.8 Å². The molecule has 2 rings (SSSR count).